The van der Waals surface area contributed by atoms with Crippen molar-refractivity contribution >= 4 is 33.9 Å². The van der Waals surface area contributed by atoms with Gasteiger partial charge < -0.3 is 16.1 Å². The Kier molecular flexibility index (Phi) is 6.22. The van der Waals surface area contributed by atoms with E-state index in [2.05, 4.69) is 31.6 Å². The zero-order chi connectivity index (χ0) is 31.5. The first-order valence-electron chi connectivity index (χ1n) is 14.1. The van der Waals surface area contributed by atoms with Crippen LogP contribution in [0.1, 0.15) is 60.6 Å². The molecule has 8 nitrogen and oxygen atoms in total. The van der Waals surface area contributed by atoms with Crippen molar-refractivity contribution in [1.82, 2.24) is 25.9 Å². The van der Waals surface area contributed by atoms with Crippen LogP contribution in [-0.4, -0.2) is 33.4 Å². The number of nitriles is 1. The van der Waals surface area contributed by atoms with Crippen molar-refractivity contribution in [2.75, 3.05) is 17.1 Å². The molecule has 0 saturated heterocycles. The summed E-state index contributed by atoms with van der Waals surface area (Å²) < 4.78 is 67.9. The standard InChI is InChI=1S/C28H30ClF3N8/c1-15-18(5-6-22(30)36-15)25(21-13-40(39-38-21)28(7-8-28)26(31)32)37-17-9-19-23(35-14-27(2,3)4)16(11-33)12-34-24(19)20(29)10-17/h5-6,9-10,12-13,25-26,37-39H,7-8,14H2,1-4H3,(H,34,35)/t25-/m0/s1/i13D,14D2. The van der Waals surface area contributed by atoms with Crippen LogP contribution in [0.15, 0.2) is 42.3 Å². The molecule has 3 aromatic rings. The van der Waals surface area contributed by atoms with E-state index in [0.717, 1.165) is 11.1 Å². The molecule has 4 N–H and O–H groups in total. The third kappa shape index (κ3) is 5.33. The molecule has 1 saturated carbocycles. The monoisotopic (exact) mass is 573 g/mol. The Hall–Kier alpha value is -3.75. The molecule has 0 amide bonds. The Morgan fingerprint density at radius 1 is 1.32 bits per heavy atom. The number of hydrogen-bond donors (Lipinski definition) is 4. The maximum absolute atomic E-state index is 14.0. The Bertz CT molecular complexity index is 1670. The lowest BCUT2D eigenvalue weighted by molar-refractivity contribution is 0.00911. The topological polar surface area (TPSA) is 101 Å². The van der Waals surface area contributed by atoms with Gasteiger partial charge in [0, 0.05) is 43.9 Å². The highest BCUT2D eigenvalue weighted by molar-refractivity contribution is 6.35. The van der Waals surface area contributed by atoms with Gasteiger partial charge in [0.15, 0.2) is 0 Å². The second-order valence-electron chi connectivity index (χ2n) is 10.9. The Morgan fingerprint density at radius 2 is 2.08 bits per heavy atom. The van der Waals surface area contributed by atoms with Crippen LogP contribution in [0.3, 0.4) is 0 Å². The van der Waals surface area contributed by atoms with E-state index in [1.807, 2.05) is 6.07 Å². The number of fused-ring (bicyclic) bond motifs is 1. The van der Waals surface area contributed by atoms with E-state index in [1.165, 1.54) is 12.3 Å². The molecular formula is C28H30ClF3N8. The van der Waals surface area contributed by atoms with Gasteiger partial charge in [0.05, 0.1) is 34.9 Å². The number of nitrogens with zero attached hydrogens (tertiary/aromatic N) is 4. The molecule has 2 aliphatic rings. The van der Waals surface area contributed by atoms with Gasteiger partial charge in [-0.05, 0) is 43.4 Å². The third-order valence-corrected chi connectivity index (χ3v) is 7.05. The normalized spacial score (nSPS) is 18.6. The lowest BCUT2D eigenvalue weighted by Gasteiger charge is -2.25. The first-order chi connectivity index (χ1) is 20.1. The van der Waals surface area contributed by atoms with Crippen LogP contribution in [0, 0.1) is 29.6 Å². The second-order valence-corrected chi connectivity index (χ2v) is 11.3. The summed E-state index contributed by atoms with van der Waals surface area (Å²) in [6.45, 7) is 4.80. The van der Waals surface area contributed by atoms with Gasteiger partial charge in [-0.25, -0.2) is 13.8 Å². The number of nitrogens with one attached hydrogen (secondary N) is 4. The molecule has 40 heavy (non-hydrogen) atoms. The average molecular weight is 574 g/mol. The van der Waals surface area contributed by atoms with Crippen LogP contribution in [0.5, 0.6) is 0 Å². The maximum atomic E-state index is 14.0. The smallest absolute Gasteiger partial charge is 0.262 e. The van der Waals surface area contributed by atoms with E-state index in [-0.39, 0.29) is 41.0 Å². The summed E-state index contributed by atoms with van der Waals surface area (Å²) in [6.07, 6.45) is -1.19. The van der Waals surface area contributed by atoms with Crippen LogP contribution >= 0.6 is 11.6 Å². The minimum absolute atomic E-state index is 0.0964. The molecule has 0 spiro atoms. The first kappa shape index (κ1) is 24.1. The fourth-order valence-electron chi connectivity index (χ4n) is 4.45. The molecular weight excluding hydrogens is 541 g/mol. The summed E-state index contributed by atoms with van der Waals surface area (Å²) in [4.78, 5) is 8.23. The molecule has 1 aromatic carbocycles. The zero-order valence-electron chi connectivity index (χ0n) is 25.3. The molecule has 2 aromatic heterocycles. The summed E-state index contributed by atoms with van der Waals surface area (Å²) in [7, 11) is 0. The van der Waals surface area contributed by atoms with Gasteiger partial charge in [-0.2, -0.15) is 9.65 Å². The highest BCUT2D eigenvalue weighted by atomic mass is 35.5. The second kappa shape index (κ2) is 10.3. The van der Waals surface area contributed by atoms with Crippen LogP contribution in [0.4, 0.5) is 24.5 Å². The van der Waals surface area contributed by atoms with E-state index in [0.29, 0.717) is 27.8 Å². The van der Waals surface area contributed by atoms with E-state index in [4.69, 9.17) is 15.7 Å². The predicted octanol–water partition coefficient (Wildman–Crippen LogP) is 6.18. The lowest BCUT2D eigenvalue weighted by atomic mass is 9.96. The predicted molar refractivity (Wildman–Crippen MR) is 149 cm³/mol. The highest BCUT2D eigenvalue weighted by Crippen LogP contribution is 2.47. The maximum Gasteiger partial charge on any atom is 0.262 e. The van der Waals surface area contributed by atoms with Crippen molar-refractivity contribution < 1.29 is 17.3 Å². The molecule has 1 aliphatic carbocycles. The number of aromatic nitrogens is 2. The molecule has 1 fully saturated rings. The van der Waals surface area contributed by atoms with Gasteiger partial charge in [-0.15, -0.1) is 5.53 Å². The van der Waals surface area contributed by atoms with Gasteiger partial charge in [-0.3, -0.25) is 9.99 Å². The molecule has 210 valence electrons. The van der Waals surface area contributed by atoms with Crippen molar-refractivity contribution in [3.8, 4) is 6.07 Å². The quantitative estimate of drug-likeness (QED) is 0.237. The van der Waals surface area contributed by atoms with Gasteiger partial charge in [0.1, 0.15) is 11.6 Å². The summed E-state index contributed by atoms with van der Waals surface area (Å²) in [6, 6.07) is 6.98. The highest BCUT2D eigenvalue weighted by Gasteiger charge is 2.56. The molecule has 1 atom stereocenters. The number of alkyl halides is 2. The minimum Gasteiger partial charge on any atom is -0.383 e. The minimum atomic E-state index is -2.69. The van der Waals surface area contributed by atoms with Crippen molar-refractivity contribution in [3.05, 3.63) is 70.1 Å². The number of halogens is 4. The number of pyridine rings is 2. The molecule has 0 bridgehead atoms. The molecule has 0 radical (unpaired) electrons. The van der Waals surface area contributed by atoms with E-state index < -0.39 is 35.9 Å². The molecule has 0 unspecified atom stereocenters. The number of anilines is 2. The van der Waals surface area contributed by atoms with Gasteiger partial charge in [0.2, 0.25) is 5.95 Å². The van der Waals surface area contributed by atoms with Crippen molar-refractivity contribution in [2.45, 2.75) is 58.5 Å². The Morgan fingerprint density at radius 3 is 2.70 bits per heavy atom. The fraction of sp³-hybridized carbons (Fsp3) is 0.393. The van der Waals surface area contributed by atoms with Crippen LogP contribution < -0.4 is 21.6 Å². The van der Waals surface area contributed by atoms with E-state index in [9.17, 15) is 18.4 Å². The number of hydrogen-bond acceptors (Lipinski definition) is 8. The van der Waals surface area contributed by atoms with Crippen molar-refractivity contribution in [2.24, 2.45) is 5.41 Å². The number of benzene rings is 1. The summed E-state index contributed by atoms with van der Waals surface area (Å²) in [5, 5.41) is 17.6. The average Bonchev–Trinajstić information content (AvgIpc) is 3.64. The molecule has 5 rings (SSSR count). The molecule has 12 heteroatoms. The first-order valence-corrected chi connectivity index (χ1v) is 13.0. The Labute approximate surface area is 239 Å². The van der Waals surface area contributed by atoms with Crippen molar-refractivity contribution in [1.29, 1.82) is 5.26 Å². The van der Waals surface area contributed by atoms with E-state index >= 15 is 0 Å². The SMILES string of the molecule is [2H]C1=C([C@@H](Nc2cc(Cl)c3ncc(C#N)c(NC([2H])([2H])C(C)(C)C)c3c2)c2ccc(F)nc2C)NNN1C1(C(F)F)CC1. The van der Waals surface area contributed by atoms with Gasteiger partial charge >= 0.3 is 0 Å². The van der Waals surface area contributed by atoms with Crippen LogP contribution in [0.25, 0.3) is 10.9 Å². The van der Waals surface area contributed by atoms with Gasteiger partial charge in [-0.1, -0.05) is 38.4 Å². The number of rotatable bonds is 8. The molecule has 1 aliphatic heterocycles. The number of aryl methyl sites for hydroxylation is 1. The Balaban J connectivity index is 1.64. The zero-order valence-corrected chi connectivity index (χ0v) is 23.0. The fourth-order valence-corrected chi connectivity index (χ4v) is 4.72. The lowest BCUT2D eigenvalue weighted by Crippen LogP contribution is -2.48. The van der Waals surface area contributed by atoms with Gasteiger partial charge in [0.25, 0.3) is 6.43 Å². The summed E-state index contributed by atoms with van der Waals surface area (Å²) in [5.74, 6) is -0.707. The number of hydrazine groups is 2. The third-order valence-electron chi connectivity index (χ3n) is 6.76. The van der Waals surface area contributed by atoms with Crippen LogP contribution in [-0.2, 0) is 0 Å². The van der Waals surface area contributed by atoms with Crippen LogP contribution in [0.2, 0.25) is 5.02 Å². The largest absolute Gasteiger partial charge is 0.383 e. The van der Waals surface area contributed by atoms with Crippen molar-refractivity contribution in [3.63, 3.8) is 0 Å². The molecule has 3 heterocycles. The van der Waals surface area contributed by atoms with E-state index in [1.54, 1.807) is 39.8 Å². The summed E-state index contributed by atoms with van der Waals surface area (Å²) >= 11 is 6.65. The summed E-state index contributed by atoms with van der Waals surface area (Å²) in [5.41, 5.74) is 5.10.